The highest BCUT2D eigenvalue weighted by Crippen LogP contribution is 2.36. The summed E-state index contributed by atoms with van der Waals surface area (Å²) in [4.78, 5) is 10.2. The van der Waals surface area contributed by atoms with Gasteiger partial charge < -0.3 is 15.2 Å². The maximum atomic E-state index is 13.8. The van der Waals surface area contributed by atoms with E-state index in [1.54, 1.807) is 27.7 Å². The number of nitrogens with zero attached hydrogens (tertiary/aromatic N) is 5. The SMILES string of the molecule is N#Cc1ccc(Cn2c(N3CC[C@@H](F)[C@H](N)C3)nc3c(C(F)(F)F)cccc32)nc1. The van der Waals surface area contributed by atoms with E-state index in [-0.39, 0.29) is 31.0 Å². The number of halogens is 4. The van der Waals surface area contributed by atoms with Crippen LogP contribution in [0, 0.1) is 11.3 Å². The van der Waals surface area contributed by atoms with Gasteiger partial charge in [-0.1, -0.05) is 6.07 Å². The molecule has 6 nitrogen and oxygen atoms in total. The van der Waals surface area contributed by atoms with Crippen LogP contribution in [0.25, 0.3) is 11.0 Å². The minimum Gasteiger partial charge on any atom is -0.340 e. The zero-order valence-electron chi connectivity index (χ0n) is 15.8. The van der Waals surface area contributed by atoms with Crippen LogP contribution in [0.2, 0.25) is 0 Å². The molecule has 1 saturated heterocycles. The second-order valence-electron chi connectivity index (χ2n) is 7.23. The Morgan fingerprint density at radius 2 is 2.03 bits per heavy atom. The number of rotatable bonds is 3. The summed E-state index contributed by atoms with van der Waals surface area (Å²) in [5.74, 6) is 0.287. The third-order valence-electron chi connectivity index (χ3n) is 5.19. The smallest absolute Gasteiger partial charge is 0.340 e. The van der Waals surface area contributed by atoms with Crippen LogP contribution in [0.4, 0.5) is 23.5 Å². The third kappa shape index (κ3) is 3.68. The van der Waals surface area contributed by atoms with Crippen molar-refractivity contribution in [1.82, 2.24) is 14.5 Å². The van der Waals surface area contributed by atoms with Gasteiger partial charge in [0, 0.05) is 19.3 Å². The highest BCUT2D eigenvalue weighted by molar-refractivity contribution is 5.83. The quantitative estimate of drug-likeness (QED) is 0.661. The predicted octanol–water partition coefficient (Wildman–Crippen LogP) is 3.25. The van der Waals surface area contributed by atoms with Crippen molar-refractivity contribution in [1.29, 1.82) is 5.26 Å². The molecule has 0 bridgehead atoms. The molecule has 4 rings (SSSR count). The molecule has 0 aliphatic carbocycles. The van der Waals surface area contributed by atoms with E-state index in [9.17, 15) is 17.6 Å². The number of para-hydroxylation sites is 1. The molecule has 0 spiro atoms. The molecular formula is C20H18F4N6. The molecule has 2 N–H and O–H groups in total. The highest BCUT2D eigenvalue weighted by atomic mass is 19.4. The number of anilines is 1. The Hall–Kier alpha value is -3.19. The van der Waals surface area contributed by atoms with Gasteiger partial charge in [-0.2, -0.15) is 18.4 Å². The van der Waals surface area contributed by atoms with Gasteiger partial charge >= 0.3 is 6.18 Å². The number of aromatic nitrogens is 3. The normalized spacial score (nSPS) is 19.8. The minimum atomic E-state index is -4.56. The molecule has 2 atom stereocenters. The number of nitrogens with two attached hydrogens (primary N) is 1. The van der Waals surface area contributed by atoms with Crippen molar-refractivity contribution >= 4 is 17.0 Å². The number of fused-ring (bicyclic) bond motifs is 1. The van der Waals surface area contributed by atoms with Crippen LogP contribution < -0.4 is 10.6 Å². The average molecular weight is 418 g/mol. The van der Waals surface area contributed by atoms with Crippen LogP contribution in [0.1, 0.15) is 23.2 Å². The molecule has 3 heterocycles. The first-order valence-electron chi connectivity index (χ1n) is 9.34. The van der Waals surface area contributed by atoms with E-state index in [4.69, 9.17) is 11.0 Å². The van der Waals surface area contributed by atoms with Crippen LogP contribution in [0.3, 0.4) is 0 Å². The van der Waals surface area contributed by atoms with E-state index < -0.39 is 24.0 Å². The number of alkyl halides is 4. The van der Waals surface area contributed by atoms with Gasteiger partial charge in [0.15, 0.2) is 0 Å². The summed E-state index contributed by atoms with van der Waals surface area (Å²) < 4.78 is 56.1. The van der Waals surface area contributed by atoms with Crippen molar-refractivity contribution in [2.24, 2.45) is 5.73 Å². The van der Waals surface area contributed by atoms with Crippen molar-refractivity contribution in [3.05, 3.63) is 53.3 Å². The Morgan fingerprint density at radius 1 is 1.23 bits per heavy atom. The topological polar surface area (TPSA) is 83.8 Å². The first-order valence-corrected chi connectivity index (χ1v) is 9.34. The van der Waals surface area contributed by atoms with E-state index in [2.05, 4.69) is 9.97 Å². The van der Waals surface area contributed by atoms with E-state index in [0.717, 1.165) is 6.07 Å². The van der Waals surface area contributed by atoms with Gasteiger partial charge in [-0.05, 0) is 30.7 Å². The van der Waals surface area contributed by atoms with E-state index in [1.807, 2.05) is 6.07 Å². The molecule has 2 aromatic heterocycles. The third-order valence-corrected chi connectivity index (χ3v) is 5.19. The van der Waals surface area contributed by atoms with Crippen LogP contribution in [-0.4, -0.2) is 39.8 Å². The van der Waals surface area contributed by atoms with Crippen LogP contribution in [0.5, 0.6) is 0 Å². The summed E-state index contributed by atoms with van der Waals surface area (Å²) in [5.41, 5.74) is 6.07. The molecule has 1 aliphatic heterocycles. The molecule has 1 fully saturated rings. The van der Waals surface area contributed by atoms with Gasteiger partial charge in [-0.25, -0.2) is 9.37 Å². The van der Waals surface area contributed by atoms with Gasteiger partial charge in [0.1, 0.15) is 17.8 Å². The lowest BCUT2D eigenvalue weighted by atomic mass is 10.1. The minimum absolute atomic E-state index is 0.143. The maximum Gasteiger partial charge on any atom is 0.418 e. The Balaban J connectivity index is 1.83. The van der Waals surface area contributed by atoms with Crippen LogP contribution >= 0.6 is 0 Å². The summed E-state index contributed by atoms with van der Waals surface area (Å²) in [7, 11) is 0. The molecule has 30 heavy (non-hydrogen) atoms. The fraction of sp³-hybridized carbons (Fsp3) is 0.350. The van der Waals surface area contributed by atoms with Gasteiger partial charge in [-0.3, -0.25) is 4.98 Å². The van der Waals surface area contributed by atoms with Crippen molar-refractivity contribution in [2.45, 2.75) is 31.4 Å². The van der Waals surface area contributed by atoms with Crippen LogP contribution in [0.15, 0.2) is 36.5 Å². The Bertz CT molecular complexity index is 1100. The number of imidazole rings is 1. The zero-order valence-corrected chi connectivity index (χ0v) is 15.8. The fourth-order valence-corrected chi connectivity index (χ4v) is 3.64. The summed E-state index contributed by atoms with van der Waals surface area (Å²) in [6.45, 7) is 0.580. The summed E-state index contributed by atoms with van der Waals surface area (Å²) >= 11 is 0. The molecule has 1 aliphatic rings. The lowest BCUT2D eigenvalue weighted by Crippen LogP contribution is -2.50. The molecular weight excluding hydrogens is 400 g/mol. The number of pyridine rings is 1. The van der Waals surface area contributed by atoms with Gasteiger partial charge in [0.2, 0.25) is 5.95 Å². The van der Waals surface area contributed by atoms with Gasteiger partial charge in [0.25, 0.3) is 0 Å². The Morgan fingerprint density at radius 3 is 2.67 bits per heavy atom. The largest absolute Gasteiger partial charge is 0.418 e. The molecule has 0 unspecified atom stereocenters. The van der Waals surface area contributed by atoms with Crippen LogP contribution in [-0.2, 0) is 12.7 Å². The first-order chi connectivity index (χ1) is 14.3. The number of piperidine rings is 1. The summed E-state index contributed by atoms with van der Waals surface area (Å²) in [5, 5.41) is 8.93. The van der Waals surface area contributed by atoms with E-state index >= 15 is 0 Å². The first kappa shape index (κ1) is 20.1. The highest BCUT2D eigenvalue weighted by Gasteiger charge is 2.36. The van der Waals surface area contributed by atoms with Crippen molar-refractivity contribution in [2.75, 3.05) is 18.0 Å². The Kier molecular flexibility index (Phi) is 5.07. The zero-order chi connectivity index (χ0) is 21.5. The van der Waals surface area contributed by atoms with Crippen molar-refractivity contribution in [3.63, 3.8) is 0 Å². The molecule has 0 saturated carbocycles. The lowest BCUT2D eigenvalue weighted by Gasteiger charge is -2.34. The number of hydrogen-bond acceptors (Lipinski definition) is 5. The lowest BCUT2D eigenvalue weighted by molar-refractivity contribution is -0.136. The fourth-order valence-electron chi connectivity index (χ4n) is 3.64. The van der Waals surface area contributed by atoms with Crippen molar-refractivity contribution in [3.8, 4) is 6.07 Å². The molecule has 10 heteroatoms. The number of hydrogen-bond donors (Lipinski definition) is 1. The van der Waals surface area contributed by atoms with Gasteiger partial charge in [-0.15, -0.1) is 0 Å². The molecule has 156 valence electrons. The second kappa shape index (κ2) is 7.57. The summed E-state index contributed by atoms with van der Waals surface area (Å²) in [6.07, 6.45) is -4.15. The standard InChI is InChI=1S/C20H18F4N6/c21-15-6-7-29(11-16(15)26)19-28-18-14(20(22,23)24)2-1-3-17(18)30(19)10-13-5-4-12(8-25)9-27-13/h1-5,9,15-16H,6-7,10-11,26H2/t15-,16-/m1/s1. The molecule has 0 amide bonds. The van der Waals surface area contributed by atoms with Gasteiger partial charge in [0.05, 0.1) is 34.9 Å². The average Bonchev–Trinajstić information content (AvgIpc) is 3.08. The van der Waals surface area contributed by atoms with E-state index in [1.165, 1.54) is 12.3 Å². The van der Waals surface area contributed by atoms with E-state index in [0.29, 0.717) is 23.3 Å². The van der Waals surface area contributed by atoms with Crippen molar-refractivity contribution < 1.29 is 17.6 Å². The Labute approximate surface area is 169 Å². The summed E-state index contributed by atoms with van der Waals surface area (Å²) in [6, 6.07) is 8.34. The monoisotopic (exact) mass is 418 g/mol. The predicted molar refractivity (Wildman–Crippen MR) is 102 cm³/mol. The molecule has 3 aromatic rings. The molecule has 0 radical (unpaired) electrons. The number of nitriles is 1. The molecule has 1 aromatic carbocycles. The maximum absolute atomic E-state index is 13.8. The number of benzene rings is 1. The second-order valence-corrected chi connectivity index (χ2v) is 7.23.